The Bertz CT molecular complexity index is 405. The van der Waals surface area contributed by atoms with E-state index in [1.165, 1.54) is 0 Å². The fourth-order valence-corrected chi connectivity index (χ4v) is 2.53. The van der Waals surface area contributed by atoms with E-state index in [2.05, 4.69) is 0 Å². The van der Waals surface area contributed by atoms with Crippen LogP contribution in [0.1, 0.15) is 26.7 Å². The van der Waals surface area contributed by atoms with Gasteiger partial charge >= 0.3 is 5.97 Å². The number of halogens is 1. The molecule has 3 atom stereocenters. The van der Waals surface area contributed by atoms with Crippen molar-refractivity contribution in [1.82, 2.24) is 0 Å². The molecule has 0 radical (unpaired) electrons. The summed E-state index contributed by atoms with van der Waals surface area (Å²) in [6.45, 7) is 3.75. The van der Waals surface area contributed by atoms with Crippen LogP contribution in [0.25, 0.3) is 0 Å². The summed E-state index contributed by atoms with van der Waals surface area (Å²) in [6, 6.07) is 8.93. The fourth-order valence-electron chi connectivity index (χ4n) is 2.06. The molecule has 3 nitrogen and oxygen atoms in total. The molecule has 0 amide bonds. The molecule has 0 aliphatic heterocycles. The molecule has 1 aromatic rings. The minimum atomic E-state index is -0.340. The summed E-state index contributed by atoms with van der Waals surface area (Å²) in [4.78, 5) is 22.6. The number of hydrogen-bond donors (Lipinski definition) is 0. The number of carbonyl (C=O) groups is 2. The van der Waals surface area contributed by atoms with Gasteiger partial charge in [0.15, 0.2) is 0 Å². The summed E-state index contributed by atoms with van der Waals surface area (Å²) < 4.78 is 5.30. The van der Waals surface area contributed by atoms with Crippen LogP contribution in [-0.4, -0.2) is 17.6 Å². The number of aldehydes is 1. The molecule has 3 unspecified atom stereocenters. The van der Waals surface area contributed by atoms with Crippen LogP contribution in [0, 0.1) is 11.8 Å². The Kier molecular flexibility index (Phi) is 6.57. The molecule has 0 saturated carbocycles. The number of ether oxygens (including phenoxy) is 1. The van der Waals surface area contributed by atoms with Crippen molar-refractivity contribution in [2.45, 2.75) is 32.1 Å². The second kappa shape index (κ2) is 7.95. The molecule has 1 rings (SSSR count). The lowest BCUT2D eigenvalue weighted by molar-refractivity contribution is -0.140. The largest absolute Gasteiger partial charge is 0.426 e. The Morgan fingerprint density at radius 3 is 2.53 bits per heavy atom. The molecule has 0 bridgehead atoms. The van der Waals surface area contributed by atoms with Gasteiger partial charge in [0.2, 0.25) is 0 Å². The summed E-state index contributed by atoms with van der Waals surface area (Å²) in [6.07, 6.45) is 1.77. The third kappa shape index (κ3) is 4.67. The van der Waals surface area contributed by atoms with Gasteiger partial charge in [-0.05, 0) is 18.1 Å². The van der Waals surface area contributed by atoms with Crippen molar-refractivity contribution in [3.05, 3.63) is 30.3 Å². The van der Waals surface area contributed by atoms with Gasteiger partial charge in [-0.1, -0.05) is 38.5 Å². The van der Waals surface area contributed by atoms with E-state index in [0.29, 0.717) is 5.75 Å². The zero-order valence-corrected chi connectivity index (χ0v) is 12.0. The average molecular weight is 283 g/mol. The highest BCUT2D eigenvalue weighted by Gasteiger charge is 2.29. The van der Waals surface area contributed by atoms with E-state index in [1.807, 2.05) is 13.0 Å². The molecular weight excluding hydrogens is 264 g/mol. The lowest BCUT2D eigenvalue weighted by Crippen LogP contribution is -2.31. The van der Waals surface area contributed by atoms with E-state index in [1.54, 1.807) is 31.2 Å². The Labute approximate surface area is 118 Å². The van der Waals surface area contributed by atoms with Gasteiger partial charge in [0, 0.05) is 11.8 Å². The first-order valence-electron chi connectivity index (χ1n) is 6.44. The van der Waals surface area contributed by atoms with Crippen molar-refractivity contribution >= 4 is 23.9 Å². The molecule has 0 aliphatic rings. The Morgan fingerprint density at radius 1 is 1.37 bits per heavy atom. The highest BCUT2D eigenvalue weighted by Crippen LogP contribution is 2.27. The molecule has 0 saturated heterocycles. The standard InChI is InChI=1S/C15H19ClO3/c1-3-13(14(16)9-10-17)11(2)15(18)19-12-7-5-4-6-8-12/h4-8,10-11,13-14H,3,9H2,1-2H3. The number of benzene rings is 1. The maximum Gasteiger partial charge on any atom is 0.314 e. The number of para-hydroxylation sites is 1. The topological polar surface area (TPSA) is 43.4 Å². The summed E-state index contributed by atoms with van der Waals surface area (Å²) >= 11 is 6.15. The molecule has 0 heterocycles. The lowest BCUT2D eigenvalue weighted by Gasteiger charge is -2.24. The zero-order valence-electron chi connectivity index (χ0n) is 11.2. The van der Waals surface area contributed by atoms with Gasteiger partial charge in [0.05, 0.1) is 5.92 Å². The van der Waals surface area contributed by atoms with Gasteiger partial charge in [-0.25, -0.2) is 0 Å². The highest BCUT2D eigenvalue weighted by atomic mass is 35.5. The number of carbonyl (C=O) groups excluding carboxylic acids is 2. The SMILES string of the molecule is CCC(C(Cl)CC=O)C(C)C(=O)Oc1ccccc1. The van der Waals surface area contributed by atoms with Gasteiger partial charge in [-0.15, -0.1) is 11.6 Å². The first kappa shape index (κ1) is 15.7. The second-order valence-corrected chi connectivity index (χ2v) is 5.07. The molecule has 4 heteroatoms. The molecule has 0 spiro atoms. The minimum absolute atomic E-state index is 0.0666. The molecule has 0 N–H and O–H groups in total. The van der Waals surface area contributed by atoms with E-state index >= 15 is 0 Å². The smallest absolute Gasteiger partial charge is 0.314 e. The average Bonchev–Trinajstić information content (AvgIpc) is 2.40. The second-order valence-electron chi connectivity index (χ2n) is 4.51. The van der Waals surface area contributed by atoms with Gasteiger partial charge in [-0.2, -0.15) is 0 Å². The molecule has 0 aromatic heterocycles. The van der Waals surface area contributed by atoms with Crippen molar-refractivity contribution in [3.63, 3.8) is 0 Å². The monoisotopic (exact) mass is 282 g/mol. The van der Waals surface area contributed by atoms with Gasteiger partial charge < -0.3 is 9.53 Å². The van der Waals surface area contributed by atoms with Crippen molar-refractivity contribution in [1.29, 1.82) is 0 Å². The van der Waals surface area contributed by atoms with Crippen molar-refractivity contribution < 1.29 is 14.3 Å². The minimum Gasteiger partial charge on any atom is -0.426 e. The fraction of sp³-hybridized carbons (Fsp3) is 0.467. The molecular formula is C15H19ClO3. The molecule has 1 aromatic carbocycles. The number of alkyl halides is 1. The predicted molar refractivity (Wildman–Crippen MR) is 75.3 cm³/mol. The van der Waals surface area contributed by atoms with E-state index in [-0.39, 0.29) is 29.6 Å². The normalized spacial score (nSPS) is 15.3. The van der Waals surface area contributed by atoms with Crippen LogP contribution in [0.5, 0.6) is 5.75 Å². The van der Waals surface area contributed by atoms with E-state index < -0.39 is 0 Å². The summed E-state index contributed by atoms with van der Waals surface area (Å²) in [7, 11) is 0. The van der Waals surface area contributed by atoms with E-state index in [4.69, 9.17) is 16.3 Å². The first-order valence-corrected chi connectivity index (χ1v) is 6.88. The van der Waals surface area contributed by atoms with Crippen molar-refractivity contribution in [3.8, 4) is 5.75 Å². The maximum atomic E-state index is 12.1. The van der Waals surface area contributed by atoms with Gasteiger partial charge in [0.25, 0.3) is 0 Å². The highest BCUT2D eigenvalue weighted by molar-refractivity contribution is 6.21. The van der Waals surface area contributed by atoms with Crippen LogP contribution in [0.4, 0.5) is 0 Å². The Balaban J connectivity index is 2.66. The van der Waals surface area contributed by atoms with Crippen LogP contribution in [0.15, 0.2) is 30.3 Å². The van der Waals surface area contributed by atoms with Crippen molar-refractivity contribution in [2.75, 3.05) is 0 Å². The number of hydrogen-bond acceptors (Lipinski definition) is 3. The number of rotatable bonds is 7. The summed E-state index contributed by atoms with van der Waals surface area (Å²) in [5.74, 6) is -0.193. The van der Waals surface area contributed by atoms with Gasteiger partial charge in [0.1, 0.15) is 12.0 Å². The molecule has 104 valence electrons. The lowest BCUT2D eigenvalue weighted by atomic mass is 9.87. The van der Waals surface area contributed by atoms with E-state index in [0.717, 1.165) is 12.7 Å². The predicted octanol–water partition coefficient (Wildman–Crippen LogP) is 3.45. The van der Waals surface area contributed by atoms with Crippen molar-refractivity contribution in [2.24, 2.45) is 11.8 Å². The Hall–Kier alpha value is -1.35. The molecule has 0 fully saturated rings. The zero-order chi connectivity index (χ0) is 14.3. The van der Waals surface area contributed by atoms with Crippen LogP contribution < -0.4 is 4.74 Å². The molecule has 0 aliphatic carbocycles. The maximum absolute atomic E-state index is 12.1. The van der Waals surface area contributed by atoms with E-state index in [9.17, 15) is 9.59 Å². The van der Waals surface area contributed by atoms with Crippen LogP contribution in [-0.2, 0) is 9.59 Å². The Morgan fingerprint density at radius 2 is 2.00 bits per heavy atom. The van der Waals surface area contributed by atoms with Gasteiger partial charge in [-0.3, -0.25) is 4.79 Å². The van der Waals surface area contributed by atoms with Crippen LogP contribution >= 0.6 is 11.6 Å². The van der Waals surface area contributed by atoms with Crippen LogP contribution in [0.2, 0.25) is 0 Å². The summed E-state index contributed by atoms with van der Waals surface area (Å²) in [5, 5.41) is -0.333. The number of esters is 1. The first-order chi connectivity index (χ1) is 9.10. The quantitative estimate of drug-likeness (QED) is 0.333. The summed E-state index contributed by atoms with van der Waals surface area (Å²) in [5.41, 5.74) is 0. The third-order valence-electron chi connectivity index (χ3n) is 3.23. The molecule has 19 heavy (non-hydrogen) atoms. The van der Waals surface area contributed by atoms with Crippen LogP contribution in [0.3, 0.4) is 0 Å². The third-order valence-corrected chi connectivity index (χ3v) is 3.73.